The molecular weight excluding hydrogens is 310 g/mol. The van der Waals surface area contributed by atoms with Crippen LogP contribution in [-0.2, 0) is 20.0 Å². The van der Waals surface area contributed by atoms with Crippen LogP contribution in [0.4, 0.5) is 0 Å². The molecule has 1 saturated heterocycles. The summed E-state index contributed by atoms with van der Waals surface area (Å²) in [4.78, 5) is 12.4. The Labute approximate surface area is 138 Å². The molecule has 0 bridgehead atoms. The van der Waals surface area contributed by atoms with Gasteiger partial charge in [0, 0.05) is 17.9 Å². The second-order valence-electron chi connectivity index (χ2n) is 7.65. The fraction of sp³-hybridized carbons (Fsp3) is 0.611. The van der Waals surface area contributed by atoms with Gasteiger partial charge in [0.15, 0.2) is 0 Å². The second kappa shape index (κ2) is 5.62. The normalized spacial score (nSPS) is 29.0. The summed E-state index contributed by atoms with van der Waals surface area (Å²) in [6.45, 7) is 5.10. The van der Waals surface area contributed by atoms with Crippen LogP contribution in [0, 0.1) is 11.3 Å². The Kier molecular flexibility index (Phi) is 4.03. The zero-order chi connectivity index (χ0) is 16.7. The largest absolute Gasteiger partial charge is 0.355 e. The van der Waals surface area contributed by atoms with E-state index in [4.69, 9.17) is 0 Å². The van der Waals surface area contributed by atoms with Crippen molar-refractivity contribution in [1.82, 2.24) is 5.32 Å². The van der Waals surface area contributed by atoms with Gasteiger partial charge in [-0.1, -0.05) is 44.2 Å². The molecule has 1 heterocycles. The molecule has 126 valence electrons. The fourth-order valence-electron chi connectivity index (χ4n) is 3.90. The van der Waals surface area contributed by atoms with Gasteiger partial charge >= 0.3 is 0 Å². The van der Waals surface area contributed by atoms with Crippen molar-refractivity contribution in [1.29, 1.82) is 0 Å². The minimum Gasteiger partial charge on any atom is -0.355 e. The van der Waals surface area contributed by atoms with Gasteiger partial charge in [-0.2, -0.15) is 0 Å². The summed E-state index contributed by atoms with van der Waals surface area (Å²) in [7, 11) is -2.92. The van der Waals surface area contributed by atoms with E-state index in [0.29, 0.717) is 19.4 Å². The highest BCUT2D eigenvalue weighted by Crippen LogP contribution is 2.63. The van der Waals surface area contributed by atoms with Crippen LogP contribution in [0.1, 0.15) is 38.7 Å². The summed E-state index contributed by atoms with van der Waals surface area (Å²) >= 11 is 0. The number of nitrogens with one attached hydrogen (secondary N) is 1. The Bertz CT molecular complexity index is 682. The Morgan fingerprint density at radius 1 is 1.17 bits per heavy atom. The van der Waals surface area contributed by atoms with Crippen LogP contribution in [0.25, 0.3) is 0 Å². The van der Waals surface area contributed by atoms with Crippen LogP contribution in [0.5, 0.6) is 0 Å². The molecule has 1 amide bonds. The Morgan fingerprint density at radius 3 is 2.26 bits per heavy atom. The molecule has 2 aliphatic rings. The molecule has 1 aromatic rings. The number of sulfone groups is 1. The van der Waals surface area contributed by atoms with Crippen LogP contribution in [-0.4, -0.2) is 32.4 Å². The van der Waals surface area contributed by atoms with Crippen LogP contribution in [0.3, 0.4) is 0 Å². The molecule has 1 saturated carbocycles. The van der Waals surface area contributed by atoms with Gasteiger partial charge in [-0.15, -0.1) is 0 Å². The van der Waals surface area contributed by atoms with Crippen molar-refractivity contribution in [3.8, 4) is 0 Å². The first kappa shape index (κ1) is 16.5. The number of amides is 1. The van der Waals surface area contributed by atoms with Gasteiger partial charge in [0.05, 0.1) is 11.5 Å². The van der Waals surface area contributed by atoms with Gasteiger partial charge in [-0.3, -0.25) is 4.79 Å². The predicted octanol–water partition coefficient (Wildman–Crippen LogP) is 2.30. The molecule has 1 aromatic carbocycles. The molecule has 0 radical (unpaired) electrons. The van der Waals surface area contributed by atoms with E-state index >= 15 is 0 Å². The summed E-state index contributed by atoms with van der Waals surface area (Å²) in [5, 5.41) is 3.10. The molecule has 1 aliphatic heterocycles. The van der Waals surface area contributed by atoms with Crippen molar-refractivity contribution >= 4 is 15.7 Å². The van der Waals surface area contributed by atoms with Crippen molar-refractivity contribution in [3.05, 3.63) is 35.9 Å². The second-order valence-corrected chi connectivity index (χ2v) is 9.96. The summed E-state index contributed by atoms with van der Waals surface area (Å²) in [6.07, 6.45) is 1.97. The zero-order valence-electron chi connectivity index (χ0n) is 13.8. The lowest BCUT2D eigenvalue weighted by atomic mass is 9.87. The highest BCUT2D eigenvalue weighted by Gasteiger charge is 2.61. The molecule has 1 N–H and O–H groups in total. The van der Waals surface area contributed by atoms with E-state index < -0.39 is 9.84 Å². The van der Waals surface area contributed by atoms with E-state index in [-0.39, 0.29) is 34.2 Å². The van der Waals surface area contributed by atoms with Gasteiger partial charge in [-0.25, -0.2) is 8.42 Å². The maximum atomic E-state index is 12.4. The standard InChI is InChI=1S/C18H25NO3S/c1-17(2)12-18(17,15-6-4-3-5-7-15)13-19-16(20)14-8-10-23(21,22)11-9-14/h3-7,14H,8-13H2,1-2H3,(H,19,20). The molecule has 1 unspecified atom stereocenters. The van der Waals surface area contributed by atoms with Gasteiger partial charge in [-0.05, 0) is 30.2 Å². The fourth-order valence-corrected chi connectivity index (χ4v) is 5.39. The zero-order valence-corrected chi connectivity index (χ0v) is 14.7. The van der Waals surface area contributed by atoms with Crippen molar-refractivity contribution in [3.63, 3.8) is 0 Å². The minimum absolute atomic E-state index is 0.00463. The highest BCUT2D eigenvalue weighted by molar-refractivity contribution is 7.91. The third-order valence-electron chi connectivity index (χ3n) is 5.73. The smallest absolute Gasteiger partial charge is 0.223 e. The summed E-state index contributed by atoms with van der Waals surface area (Å²) < 4.78 is 23.0. The Morgan fingerprint density at radius 2 is 1.74 bits per heavy atom. The topological polar surface area (TPSA) is 63.2 Å². The molecule has 23 heavy (non-hydrogen) atoms. The molecular formula is C18H25NO3S. The number of rotatable bonds is 4. The third kappa shape index (κ3) is 3.16. The Hall–Kier alpha value is -1.36. The molecule has 0 aromatic heterocycles. The van der Waals surface area contributed by atoms with Crippen molar-refractivity contribution < 1.29 is 13.2 Å². The lowest BCUT2D eigenvalue weighted by Crippen LogP contribution is -2.40. The van der Waals surface area contributed by atoms with Crippen molar-refractivity contribution in [2.24, 2.45) is 11.3 Å². The van der Waals surface area contributed by atoms with Gasteiger partial charge < -0.3 is 5.32 Å². The van der Waals surface area contributed by atoms with E-state index in [9.17, 15) is 13.2 Å². The van der Waals surface area contributed by atoms with Gasteiger partial charge in [0.25, 0.3) is 0 Å². The molecule has 5 heteroatoms. The molecule has 3 rings (SSSR count). The number of carbonyl (C=O) groups excluding carboxylic acids is 1. The van der Waals surface area contributed by atoms with Crippen LogP contribution in [0.15, 0.2) is 30.3 Å². The number of carbonyl (C=O) groups is 1. The van der Waals surface area contributed by atoms with Gasteiger partial charge in [0.2, 0.25) is 5.91 Å². The van der Waals surface area contributed by atoms with E-state index in [1.165, 1.54) is 5.56 Å². The van der Waals surface area contributed by atoms with E-state index in [0.717, 1.165) is 6.42 Å². The number of hydrogen-bond acceptors (Lipinski definition) is 3. The highest BCUT2D eigenvalue weighted by atomic mass is 32.2. The van der Waals surface area contributed by atoms with E-state index in [2.05, 4.69) is 31.3 Å². The van der Waals surface area contributed by atoms with Crippen LogP contribution in [0.2, 0.25) is 0 Å². The third-order valence-corrected chi connectivity index (χ3v) is 7.45. The summed E-state index contributed by atoms with van der Waals surface area (Å²) in [5.41, 5.74) is 1.46. The lowest BCUT2D eigenvalue weighted by Gasteiger charge is -2.25. The molecule has 1 atom stereocenters. The van der Waals surface area contributed by atoms with E-state index in [1.54, 1.807) is 0 Å². The molecule has 4 nitrogen and oxygen atoms in total. The SMILES string of the molecule is CC1(C)CC1(CNC(=O)C1CCS(=O)(=O)CC1)c1ccccc1. The summed E-state index contributed by atoms with van der Waals surface area (Å²) in [5.74, 6) is 0.131. The average molecular weight is 335 g/mol. The van der Waals surface area contributed by atoms with Gasteiger partial charge in [0.1, 0.15) is 9.84 Å². The average Bonchev–Trinajstić information content (AvgIpc) is 3.08. The summed E-state index contributed by atoms with van der Waals surface area (Å²) in [6, 6.07) is 10.4. The first-order valence-electron chi connectivity index (χ1n) is 8.29. The predicted molar refractivity (Wildman–Crippen MR) is 90.9 cm³/mol. The van der Waals surface area contributed by atoms with Crippen molar-refractivity contribution in [2.45, 2.75) is 38.5 Å². The monoisotopic (exact) mass is 335 g/mol. The lowest BCUT2D eigenvalue weighted by molar-refractivity contribution is -0.125. The first-order valence-corrected chi connectivity index (χ1v) is 10.1. The molecule has 1 aliphatic carbocycles. The maximum Gasteiger partial charge on any atom is 0.223 e. The maximum absolute atomic E-state index is 12.4. The molecule has 2 fully saturated rings. The minimum atomic E-state index is -2.92. The van der Waals surface area contributed by atoms with Crippen molar-refractivity contribution in [2.75, 3.05) is 18.1 Å². The Balaban J connectivity index is 1.64. The van der Waals surface area contributed by atoms with Crippen LogP contribution < -0.4 is 5.32 Å². The number of benzene rings is 1. The van der Waals surface area contributed by atoms with E-state index in [1.807, 2.05) is 18.2 Å². The quantitative estimate of drug-likeness (QED) is 0.918. The first-order chi connectivity index (χ1) is 10.8. The molecule has 0 spiro atoms. The number of hydrogen-bond donors (Lipinski definition) is 1. The van der Waals surface area contributed by atoms with Crippen LogP contribution >= 0.6 is 0 Å².